The van der Waals surface area contributed by atoms with Gasteiger partial charge in [0.15, 0.2) is 0 Å². The van der Waals surface area contributed by atoms with Crippen molar-refractivity contribution in [3.8, 4) is 0 Å². The molecule has 0 spiro atoms. The highest BCUT2D eigenvalue weighted by atomic mass is 19.1. The Bertz CT molecular complexity index is 275. The summed E-state index contributed by atoms with van der Waals surface area (Å²) in [7, 11) is 0. The van der Waals surface area contributed by atoms with Gasteiger partial charge in [-0.1, -0.05) is 24.3 Å². The second kappa shape index (κ2) is 4.56. The Balaban J connectivity index is 1.95. The zero-order chi connectivity index (χ0) is 9.80. The summed E-state index contributed by atoms with van der Waals surface area (Å²) in [6.07, 6.45) is 2.39. The Hall–Kier alpha value is -0.890. The van der Waals surface area contributed by atoms with Gasteiger partial charge in [0.05, 0.1) is 0 Å². The van der Waals surface area contributed by atoms with Crippen LogP contribution in [0.25, 0.3) is 0 Å². The third-order valence-corrected chi connectivity index (χ3v) is 2.86. The molecule has 1 nitrogen and oxygen atoms in total. The number of alkyl halides is 1. The van der Waals surface area contributed by atoms with E-state index in [1.165, 1.54) is 12.0 Å². The van der Waals surface area contributed by atoms with E-state index in [-0.39, 0.29) is 6.67 Å². The summed E-state index contributed by atoms with van der Waals surface area (Å²) in [5, 5.41) is 3.36. The zero-order valence-corrected chi connectivity index (χ0v) is 8.30. The van der Waals surface area contributed by atoms with E-state index in [1.807, 2.05) is 24.3 Å². The van der Waals surface area contributed by atoms with Gasteiger partial charge in [-0.15, -0.1) is 0 Å². The molecule has 1 saturated heterocycles. The summed E-state index contributed by atoms with van der Waals surface area (Å²) in [4.78, 5) is 0. The molecule has 1 heterocycles. The standard InChI is InChI=1S/C12H16FN/c13-8-11-3-1-10(2-4-11)7-12-5-6-14-9-12/h1-4,12,14H,5-9H2. The summed E-state index contributed by atoms with van der Waals surface area (Å²) in [6, 6.07) is 7.87. The van der Waals surface area contributed by atoms with E-state index in [1.54, 1.807) is 0 Å². The Kier molecular flexibility index (Phi) is 3.14. The summed E-state index contributed by atoms with van der Waals surface area (Å²) < 4.78 is 12.3. The number of nitrogens with one attached hydrogen (secondary N) is 1. The minimum atomic E-state index is -0.356. The van der Waals surface area contributed by atoms with Gasteiger partial charge in [-0.05, 0) is 43.0 Å². The van der Waals surface area contributed by atoms with Crippen molar-refractivity contribution in [3.63, 3.8) is 0 Å². The Morgan fingerprint density at radius 2 is 1.93 bits per heavy atom. The van der Waals surface area contributed by atoms with Gasteiger partial charge in [-0.2, -0.15) is 0 Å². The highest BCUT2D eigenvalue weighted by molar-refractivity contribution is 5.22. The van der Waals surface area contributed by atoms with Gasteiger partial charge in [0, 0.05) is 0 Å². The van der Waals surface area contributed by atoms with Crippen LogP contribution in [-0.2, 0) is 13.1 Å². The third-order valence-electron chi connectivity index (χ3n) is 2.86. The smallest absolute Gasteiger partial charge is 0.115 e. The fourth-order valence-electron chi connectivity index (χ4n) is 1.99. The average Bonchev–Trinajstić information content (AvgIpc) is 2.72. The van der Waals surface area contributed by atoms with Crippen molar-refractivity contribution < 1.29 is 4.39 Å². The van der Waals surface area contributed by atoms with Crippen LogP contribution in [0.1, 0.15) is 17.5 Å². The van der Waals surface area contributed by atoms with Crippen LogP contribution < -0.4 is 5.32 Å². The lowest BCUT2D eigenvalue weighted by atomic mass is 9.98. The maximum atomic E-state index is 12.3. The van der Waals surface area contributed by atoms with Gasteiger partial charge in [0.25, 0.3) is 0 Å². The van der Waals surface area contributed by atoms with Gasteiger partial charge in [-0.25, -0.2) is 4.39 Å². The second-order valence-corrected chi connectivity index (χ2v) is 4.01. The molecule has 1 fully saturated rings. The van der Waals surface area contributed by atoms with Gasteiger partial charge >= 0.3 is 0 Å². The van der Waals surface area contributed by atoms with Crippen molar-refractivity contribution in [2.45, 2.75) is 19.5 Å². The predicted molar refractivity (Wildman–Crippen MR) is 55.9 cm³/mol. The molecule has 0 aliphatic carbocycles. The highest BCUT2D eigenvalue weighted by Crippen LogP contribution is 2.15. The minimum Gasteiger partial charge on any atom is -0.316 e. The average molecular weight is 193 g/mol. The van der Waals surface area contributed by atoms with Gasteiger partial charge < -0.3 is 5.32 Å². The molecule has 1 unspecified atom stereocenters. The van der Waals surface area contributed by atoms with Crippen molar-refractivity contribution in [2.24, 2.45) is 5.92 Å². The molecule has 1 aliphatic heterocycles. The van der Waals surface area contributed by atoms with Gasteiger partial charge in [0.2, 0.25) is 0 Å². The van der Waals surface area contributed by atoms with Gasteiger partial charge in [0.1, 0.15) is 6.67 Å². The van der Waals surface area contributed by atoms with E-state index in [0.717, 1.165) is 31.0 Å². The first-order valence-electron chi connectivity index (χ1n) is 5.23. The number of hydrogen-bond donors (Lipinski definition) is 1. The van der Waals surface area contributed by atoms with Crippen molar-refractivity contribution in [3.05, 3.63) is 35.4 Å². The Labute approximate surface area is 84.3 Å². The van der Waals surface area contributed by atoms with E-state index in [9.17, 15) is 4.39 Å². The molecule has 2 heteroatoms. The van der Waals surface area contributed by atoms with Crippen LogP contribution in [0.5, 0.6) is 0 Å². The normalized spacial score (nSPS) is 21.4. The fourth-order valence-corrected chi connectivity index (χ4v) is 1.99. The highest BCUT2D eigenvalue weighted by Gasteiger charge is 2.14. The van der Waals surface area contributed by atoms with E-state index >= 15 is 0 Å². The van der Waals surface area contributed by atoms with E-state index in [4.69, 9.17) is 0 Å². The Morgan fingerprint density at radius 3 is 2.50 bits per heavy atom. The summed E-state index contributed by atoms with van der Waals surface area (Å²) >= 11 is 0. The summed E-state index contributed by atoms with van der Waals surface area (Å²) in [5.41, 5.74) is 2.11. The lowest BCUT2D eigenvalue weighted by Crippen LogP contribution is -2.10. The van der Waals surface area contributed by atoms with Crippen LogP contribution >= 0.6 is 0 Å². The maximum Gasteiger partial charge on any atom is 0.115 e. The van der Waals surface area contributed by atoms with Crippen LogP contribution in [0.4, 0.5) is 4.39 Å². The maximum absolute atomic E-state index is 12.3. The molecule has 0 bridgehead atoms. The zero-order valence-electron chi connectivity index (χ0n) is 8.30. The van der Waals surface area contributed by atoms with Crippen LogP contribution in [0.15, 0.2) is 24.3 Å². The fraction of sp³-hybridized carbons (Fsp3) is 0.500. The molecule has 0 amide bonds. The van der Waals surface area contributed by atoms with Crippen LogP contribution in [0, 0.1) is 5.92 Å². The molecule has 0 aromatic heterocycles. The lowest BCUT2D eigenvalue weighted by Gasteiger charge is -2.08. The molecule has 0 radical (unpaired) electrons. The quantitative estimate of drug-likeness (QED) is 0.776. The van der Waals surface area contributed by atoms with E-state index in [0.29, 0.717) is 0 Å². The molecule has 2 rings (SSSR count). The SMILES string of the molecule is FCc1ccc(CC2CCNC2)cc1. The molecule has 1 aliphatic rings. The first-order chi connectivity index (χ1) is 6.88. The second-order valence-electron chi connectivity index (χ2n) is 4.01. The Morgan fingerprint density at radius 1 is 1.21 bits per heavy atom. The summed E-state index contributed by atoms with van der Waals surface area (Å²) in [6.45, 7) is 1.92. The molecule has 0 saturated carbocycles. The van der Waals surface area contributed by atoms with Crippen molar-refractivity contribution in [2.75, 3.05) is 13.1 Å². The van der Waals surface area contributed by atoms with E-state index in [2.05, 4.69) is 5.32 Å². The van der Waals surface area contributed by atoms with Crippen LogP contribution in [0.2, 0.25) is 0 Å². The molecule has 1 aromatic carbocycles. The van der Waals surface area contributed by atoms with Crippen molar-refractivity contribution >= 4 is 0 Å². The molecule has 1 aromatic rings. The molecular formula is C12H16FN. The largest absolute Gasteiger partial charge is 0.316 e. The first-order valence-corrected chi connectivity index (χ1v) is 5.23. The molecule has 76 valence electrons. The minimum absolute atomic E-state index is 0.356. The first kappa shape index (κ1) is 9.66. The van der Waals surface area contributed by atoms with Crippen LogP contribution in [0.3, 0.4) is 0 Å². The molecule has 1 N–H and O–H groups in total. The van der Waals surface area contributed by atoms with Crippen LogP contribution in [-0.4, -0.2) is 13.1 Å². The number of benzene rings is 1. The predicted octanol–water partition coefficient (Wildman–Crippen LogP) is 2.31. The summed E-state index contributed by atoms with van der Waals surface area (Å²) in [5.74, 6) is 0.770. The third kappa shape index (κ3) is 2.32. The number of hydrogen-bond acceptors (Lipinski definition) is 1. The number of rotatable bonds is 3. The molecule has 1 atom stereocenters. The van der Waals surface area contributed by atoms with E-state index < -0.39 is 0 Å². The van der Waals surface area contributed by atoms with Crippen molar-refractivity contribution in [1.82, 2.24) is 5.32 Å². The van der Waals surface area contributed by atoms with Gasteiger partial charge in [-0.3, -0.25) is 0 Å². The molecule has 14 heavy (non-hydrogen) atoms. The monoisotopic (exact) mass is 193 g/mol. The molecular weight excluding hydrogens is 177 g/mol. The lowest BCUT2D eigenvalue weighted by molar-refractivity contribution is 0.485. The topological polar surface area (TPSA) is 12.0 Å². The number of halogens is 1. The van der Waals surface area contributed by atoms with Crippen molar-refractivity contribution in [1.29, 1.82) is 0 Å².